The van der Waals surface area contributed by atoms with E-state index in [1.807, 2.05) is 24.4 Å². The van der Waals surface area contributed by atoms with E-state index in [0.29, 0.717) is 11.6 Å². The van der Waals surface area contributed by atoms with E-state index >= 15 is 0 Å². The number of halogens is 1. The number of rotatable bonds is 7. The summed E-state index contributed by atoms with van der Waals surface area (Å²) in [6.45, 7) is 7.36. The van der Waals surface area contributed by atoms with Crippen LogP contribution < -0.4 is 10.2 Å². The van der Waals surface area contributed by atoms with Gasteiger partial charge in [-0.15, -0.1) is 0 Å². The number of anilines is 1. The Hall–Kier alpha value is -1.52. The van der Waals surface area contributed by atoms with Gasteiger partial charge in [-0.3, -0.25) is 0 Å². The van der Waals surface area contributed by atoms with Gasteiger partial charge in [-0.05, 0) is 37.2 Å². The summed E-state index contributed by atoms with van der Waals surface area (Å²) < 4.78 is 5.38. The molecule has 0 spiro atoms. The van der Waals surface area contributed by atoms with Crippen molar-refractivity contribution in [1.82, 2.24) is 10.3 Å². The molecule has 0 saturated carbocycles. The fourth-order valence-corrected chi connectivity index (χ4v) is 2.30. The SMILES string of the molecule is CCNCc1cnc(N(CC)Cc2ccco2)c(Cl)c1. The van der Waals surface area contributed by atoms with Crippen LogP contribution in [-0.4, -0.2) is 18.1 Å². The van der Waals surface area contributed by atoms with Crippen molar-refractivity contribution >= 4 is 17.4 Å². The van der Waals surface area contributed by atoms with Gasteiger partial charge in [0.15, 0.2) is 0 Å². The molecule has 0 aliphatic heterocycles. The van der Waals surface area contributed by atoms with E-state index in [-0.39, 0.29) is 0 Å². The van der Waals surface area contributed by atoms with Crippen molar-refractivity contribution in [3.63, 3.8) is 0 Å². The Balaban J connectivity index is 2.13. The molecule has 5 heteroatoms. The van der Waals surface area contributed by atoms with Crippen LogP contribution in [0.15, 0.2) is 35.1 Å². The molecule has 4 nitrogen and oxygen atoms in total. The summed E-state index contributed by atoms with van der Waals surface area (Å²) in [5, 5.41) is 3.94. The van der Waals surface area contributed by atoms with Crippen molar-refractivity contribution < 1.29 is 4.42 Å². The highest BCUT2D eigenvalue weighted by atomic mass is 35.5. The lowest BCUT2D eigenvalue weighted by molar-refractivity contribution is 0.503. The average Bonchev–Trinajstić information content (AvgIpc) is 2.96. The van der Waals surface area contributed by atoms with Crippen molar-refractivity contribution in [2.45, 2.75) is 26.9 Å². The first-order valence-electron chi connectivity index (χ1n) is 6.87. The van der Waals surface area contributed by atoms with Crippen molar-refractivity contribution in [1.29, 1.82) is 0 Å². The Kier molecular flexibility index (Phi) is 5.44. The second-order valence-corrected chi connectivity index (χ2v) is 4.93. The van der Waals surface area contributed by atoms with Crippen LogP contribution in [0.25, 0.3) is 0 Å². The molecule has 0 aliphatic rings. The van der Waals surface area contributed by atoms with Gasteiger partial charge in [-0.25, -0.2) is 4.98 Å². The van der Waals surface area contributed by atoms with Crippen LogP contribution >= 0.6 is 11.6 Å². The Morgan fingerprint density at radius 3 is 2.85 bits per heavy atom. The molecule has 1 N–H and O–H groups in total. The van der Waals surface area contributed by atoms with Crippen molar-refractivity contribution in [3.05, 3.63) is 47.0 Å². The van der Waals surface area contributed by atoms with Gasteiger partial charge in [0, 0.05) is 19.3 Å². The normalized spacial score (nSPS) is 10.8. The third-order valence-corrected chi connectivity index (χ3v) is 3.34. The minimum atomic E-state index is 0.669. The molecule has 2 rings (SSSR count). The first-order chi connectivity index (χ1) is 9.74. The van der Waals surface area contributed by atoms with Gasteiger partial charge in [0.05, 0.1) is 17.8 Å². The summed E-state index contributed by atoms with van der Waals surface area (Å²) in [6, 6.07) is 5.81. The van der Waals surface area contributed by atoms with E-state index in [0.717, 1.165) is 36.8 Å². The summed E-state index contributed by atoms with van der Waals surface area (Å²) in [6.07, 6.45) is 3.55. The molecular weight excluding hydrogens is 274 g/mol. The van der Waals surface area contributed by atoms with Gasteiger partial charge in [-0.2, -0.15) is 0 Å². The number of hydrogen-bond donors (Lipinski definition) is 1. The number of nitrogens with one attached hydrogen (secondary N) is 1. The second kappa shape index (κ2) is 7.31. The number of pyridine rings is 1. The molecule has 0 atom stereocenters. The predicted molar refractivity (Wildman–Crippen MR) is 82.1 cm³/mol. The minimum absolute atomic E-state index is 0.669. The van der Waals surface area contributed by atoms with E-state index in [1.54, 1.807) is 6.26 Å². The third kappa shape index (κ3) is 3.74. The molecule has 2 aromatic rings. The van der Waals surface area contributed by atoms with E-state index in [4.69, 9.17) is 16.0 Å². The highest BCUT2D eigenvalue weighted by Gasteiger charge is 2.12. The first kappa shape index (κ1) is 14.9. The zero-order chi connectivity index (χ0) is 14.4. The molecule has 0 aliphatic carbocycles. The lowest BCUT2D eigenvalue weighted by atomic mass is 10.2. The molecule has 108 valence electrons. The van der Waals surface area contributed by atoms with Gasteiger partial charge in [-0.1, -0.05) is 18.5 Å². The highest BCUT2D eigenvalue weighted by molar-refractivity contribution is 6.33. The van der Waals surface area contributed by atoms with Crippen LogP contribution in [0.3, 0.4) is 0 Å². The van der Waals surface area contributed by atoms with E-state index < -0.39 is 0 Å². The second-order valence-electron chi connectivity index (χ2n) is 4.52. The van der Waals surface area contributed by atoms with Crippen LogP contribution in [-0.2, 0) is 13.1 Å². The molecular formula is C15H20ClN3O. The standard InChI is InChI=1S/C15H20ClN3O/c1-3-17-9-12-8-14(16)15(18-10-12)19(4-2)11-13-6-5-7-20-13/h5-8,10,17H,3-4,9,11H2,1-2H3. The number of aromatic nitrogens is 1. The Labute approximate surface area is 124 Å². The Bertz CT molecular complexity index is 528. The topological polar surface area (TPSA) is 41.3 Å². The Morgan fingerprint density at radius 1 is 1.40 bits per heavy atom. The number of nitrogens with zero attached hydrogens (tertiary/aromatic N) is 2. The van der Waals surface area contributed by atoms with E-state index in [2.05, 4.69) is 29.0 Å². The smallest absolute Gasteiger partial charge is 0.147 e. The third-order valence-electron chi connectivity index (χ3n) is 3.07. The Morgan fingerprint density at radius 2 is 2.25 bits per heavy atom. The van der Waals surface area contributed by atoms with Crippen LogP contribution in [0.4, 0.5) is 5.82 Å². The summed E-state index contributed by atoms with van der Waals surface area (Å²) in [4.78, 5) is 6.59. The molecule has 0 radical (unpaired) electrons. The molecule has 0 fully saturated rings. The molecule has 0 bridgehead atoms. The predicted octanol–water partition coefficient (Wildman–Crippen LogP) is 3.46. The zero-order valence-electron chi connectivity index (χ0n) is 11.9. The average molecular weight is 294 g/mol. The largest absolute Gasteiger partial charge is 0.467 e. The van der Waals surface area contributed by atoms with Gasteiger partial charge in [0.2, 0.25) is 0 Å². The molecule has 0 unspecified atom stereocenters. The lowest BCUT2D eigenvalue weighted by Gasteiger charge is -2.22. The monoisotopic (exact) mass is 293 g/mol. The van der Waals surface area contributed by atoms with E-state index in [9.17, 15) is 0 Å². The summed E-state index contributed by atoms with van der Waals surface area (Å²) in [5.41, 5.74) is 1.09. The van der Waals surface area contributed by atoms with Gasteiger partial charge in [0.25, 0.3) is 0 Å². The summed E-state index contributed by atoms with van der Waals surface area (Å²) in [5.74, 6) is 1.70. The maximum absolute atomic E-state index is 6.36. The van der Waals surface area contributed by atoms with Crippen molar-refractivity contribution in [3.8, 4) is 0 Å². The zero-order valence-corrected chi connectivity index (χ0v) is 12.7. The molecule has 20 heavy (non-hydrogen) atoms. The van der Waals surface area contributed by atoms with E-state index in [1.165, 1.54) is 0 Å². The fraction of sp³-hybridized carbons (Fsp3) is 0.400. The quantitative estimate of drug-likeness (QED) is 0.849. The van der Waals surface area contributed by atoms with Crippen LogP contribution in [0.5, 0.6) is 0 Å². The van der Waals surface area contributed by atoms with Crippen LogP contribution in [0.2, 0.25) is 5.02 Å². The maximum atomic E-state index is 6.36. The molecule has 0 aromatic carbocycles. The fourth-order valence-electron chi connectivity index (χ4n) is 2.00. The van der Waals surface area contributed by atoms with Crippen LogP contribution in [0, 0.1) is 0 Å². The van der Waals surface area contributed by atoms with Gasteiger partial charge in [0.1, 0.15) is 11.6 Å². The number of hydrogen-bond acceptors (Lipinski definition) is 4. The minimum Gasteiger partial charge on any atom is -0.467 e. The summed E-state index contributed by atoms with van der Waals surface area (Å²) >= 11 is 6.36. The summed E-state index contributed by atoms with van der Waals surface area (Å²) in [7, 11) is 0. The first-order valence-corrected chi connectivity index (χ1v) is 7.24. The van der Waals surface area contributed by atoms with Crippen molar-refractivity contribution in [2.24, 2.45) is 0 Å². The van der Waals surface area contributed by atoms with Crippen LogP contribution in [0.1, 0.15) is 25.2 Å². The van der Waals surface area contributed by atoms with Gasteiger partial charge >= 0.3 is 0 Å². The molecule has 2 aromatic heterocycles. The number of furan rings is 1. The van der Waals surface area contributed by atoms with Crippen molar-refractivity contribution in [2.75, 3.05) is 18.0 Å². The lowest BCUT2D eigenvalue weighted by Crippen LogP contribution is -2.23. The maximum Gasteiger partial charge on any atom is 0.147 e. The van der Waals surface area contributed by atoms with Gasteiger partial charge < -0.3 is 14.6 Å². The molecule has 0 amide bonds. The molecule has 2 heterocycles. The molecule has 0 saturated heterocycles. The highest BCUT2D eigenvalue weighted by Crippen LogP contribution is 2.25.